The van der Waals surface area contributed by atoms with Gasteiger partial charge in [0.05, 0.1) is 11.1 Å². The molecule has 1 amide bonds. The number of aromatic nitrogens is 4. The molecule has 3 aromatic heterocycles. The first-order valence-corrected chi connectivity index (χ1v) is 11.1. The second-order valence-electron chi connectivity index (χ2n) is 6.96. The number of para-hydroxylation sites is 1. The van der Waals surface area contributed by atoms with Gasteiger partial charge in [-0.15, -0.1) is 21.5 Å². The van der Waals surface area contributed by atoms with E-state index in [0.717, 1.165) is 40.0 Å². The number of carbonyl (C=O) groups is 1. The number of hydrogen-bond donors (Lipinski definition) is 1. The number of nitrogens with one attached hydrogen (secondary N) is 1. The molecule has 0 unspecified atom stereocenters. The van der Waals surface area contributed by atoms with Gasteiger partial charge >= 0.3 is 0 Å². The maximum atomic E-state index is 12.4. The van der Waals surface area contributed by atoms with Gasteiger partial charge in [0.15, 0.2) is 10.8 Å². The highest BCUT2D eigenvalue weighted by Gasteiger charge is 2.21. The van der Waals surface area contributed by atoms with Crippen LogP contribution in [0.1, 0.15) is 28.8 Å². The van der Waals surface area contributed by atoms with E-state index in [1.165, 1.54) is 35.0 Å². The molecule has 0 fully saturated rings. The number of benzene rings is 1. The number of rotatable bonds is 4. The van der Waals surface area contributed by atoms with Crippen molar-refractivity contribution in [3.05, 3.63) is 46.6 Å². The van der Waals surface area contributed by atoms with Crippen LogP contribution >= 0.6 is 23.1 Å². The van der Waals surface area contributed by atoms with Gasteiger partial charge in [-0.2, -0.15) is 0 Å². The van der Waals surface area contributed by atoms with Crippen molar-refractivity contribution in [2.75, 3.05) is 11.1 Å². The zero-order valence-electron chi connectivity index (χ0n) is 15.4. The fourth-order valence-corrected chi connectivity index (χ4v) is 5.59. The lowest BCUT2D eigenvalue weighted by molar-refractivity contribution is -0.113. The van der Waals surface area contributed by atoms with Crippen LogP contribution in [0.4, 0.5) is 5.69 Å². The number of nitrogens with zero attached hydrogens (tertiary/aromatic N) is 4. The van der Waals surface area contributed by atoms with Gasteiger partial charge in [-0.25, -0.2) is 4.98 Å². The summed E-state index contributed by atoms with van der Waals surface area (Å²) in [6.45, 7) is 1.98. The van der Waals surface area contributed by atoms with Gasteiger partial charge in [0.25, 0.3) is 0 Å². The smallest absolute Gasteiger partial charge is 0.234 e. The van der Waals surface area contributed by atoms with Crippen LogP contribution in [0.2, 0.25) is 0 Å². The first-order valence-electron chi connectivity index (χ1n) is 9.33. The highest BCUT2D eigenvalue weighted by Crippen LogP contribution is 2.37. The van der Waals surface area contributed by atoms with Crippen molar-refractivity contribution in [3.8, 4) is 0 Å². The molecule has 0 spiro atoms. The third kappa shape index (κ3) is 3.06. The van der Waals surface area contributed by atoms with Crippen molar-refractivity contribution in [1.29, 1.82) is 0 Å². The summed E-state index contributed by atoms with van der Waals surface area (Å²) in [6.07, 6.45) is 6.47. The topological polar surface area (TPSA) is 72.2 Å². The number of fused-ring (bicyclic) bond motifs is 5. The minimum atomic E-state index is -0.0574. The molecule has 1 aliphatic rings. The van der Waals surface area contributed by atoms with Crippen LogP contribution < -0.4 is 5.32 Å². The molecule has 5 rings (SSSR count). The van der Waals surface area contributed by atoms with Gasteiger partial charge in [-0.05, 0) is 49.8 Å². The predicted molar refractivity (Wildman–Crippen MR) is 113 cm³/mol. The van der Waals surface area contributed by atoms with E-state index in [9.17, 15) is 4.79 Å². The summed E-state index contributed by atoms with van der Waals surface area (Å²) in [5.74, 6) is 0.215. The second-order valence-corrected chi connectivity index (χ2v) is 8.99. The number of anilines is 1. The molecule has 1 N–H and O–H groups in total. The standard InChI is InChI=1S/C20H19N5OS2/c1-12-6-2-4-8-14(12)22-16(26)10-27-20-24-23-18-17-13-7-3-5-9-15(13)28-19(17)21-11-25(18)20/h2,4,6,8,11H,3,5,7,9-10H2,1H3,(H,22,26). The average Bonchev–Trinajstić information content (AvgIpc) is 3.28. The molecule has 0 bridgehead atoms. The highest BCUT2D eigenvalue weighted by molar-refractivity contribution is 7.99. The quantitative estimate of drug-likeness (QED) is 0.510. The van der Waals surface area contributed by atoms with E-state index in [1.807, 2.05) is 35.6 Å². The van der Waals surface area contributed by atoms with Crippen LogP contribution in [-0.4, -0.2) is 31.2 Å². The molecular weight excluding hydrogens is 390 g/mol. The van der Waals surface area contributed by atoms with E-state index in [-0.39, 0.29) is 11.7 Å². The molecule has 0 radical (unpaired) electrons. The van der Waals surface area contributed by atoms with Gasteiger partial charge < -0.3 is 5.32 Å². The Morgan fingerprint density at radius 2 is 2.11 bits per heavy atom. The molecule has 0 atom stereocenters. The average molecular weight is 410 g/mol. The molecule has 4 aromatic rings. The molecule has 28 heavy (non-hydrogen) atoms. The Morgan fingerprint density at radius 3 is 3.00 bits per heavy atom. The van der Waals surface area contributed by atoms with Crippen LogP contribution in [0, 0.1) is 6.92 Å². The summed E-state index contributed by atoms with van der Waals surface area (Å²) in [6, 6.07) is 7.76. The third-order valence-electron chi connectivity index (χ3n) is 5.08. The maximum absolute atomic E-state index is 12.4. The van der Waals surface area contributed by atoms with E-state index in [4.69, 9.17) is 0 Å². The van der Waals surface area contributed by atoms with Crippen molar-refractivity contribution in [1.82, 2.24) is 19.6 Å². The fraction of sp³-hybridized carbons (Fsp3) is 0.300. The minimum Gasteiger partial charge on any atom is -0.325 e. The Bertz CT molecular complexity index is 1200. The largest absolute Gasteiger partial charge is 0.325 e. The van der Waals surface area contributed by atoms with Crippen LogP contribution in [0.15, 0.2) is 35.7 Å². The van der Waals surface area contributed by atoms with Crippen LogP contribution in [0.25, 0.3) is 15.9 Å². The van der Waals surface area contributed by atoms with E-state index in [0.29, 0.717) is 5.16 Å². The summed E-state index contributed by atoms with van der Waals surface area (Å²) < 4.78 is 1.91. The minimum absolute atomic E-state index is 0.0574. The molecule has 3 heterocycles. The fourth-order valence-electron chi connectivity index (χ4n) is 3.66. The lowest BCUT2D eigenvalue weighted by Crippen LogP contribution is -2.15. The van der Waals surface area contributed by atoms with Crippen molar-refractivity contribution in [3.63, 3.8) is 0 Å². The number of thiophene rings is 1. The highest BCUT2D eigenvalue weighted by atomic mass is 32.2. The Labute approximate surface area is 170 Å². The van der Waals surface area contributed by atoms with Gasteiger partial charge in [0, 0.05) is 10.6 Å². The van der Waals surface area contributed by atoms with Gasteiger partial charge in [0.1, 0.15) is 11.2 Å². The molecule has 6 nitrogen and oxygen atoms in total. The Kier molecular flexibility index (Phi) is 4.52. The molecule has 0 aliphatic heterocycles. The first kappa shape index (κ1) is 17.6. The van der Waals surface area contributed by atoms with Crippen LogP contribution in [0.5, 0.6) is 0 Å². The number of carbonyl (C=O) groups excluding carboxylic acids is 1. The molecule has 0 saturated carbocycles. The molecular formula is C20H19N5OS2. The summed E-state index contributed by atoms with van der Waals surface area (Å²) in [5, 5.41) is 13.6. The molecule has 1 aromatic carbocycles. The first-order chi connectivity index (χ1) is 13.7. The molecule has 0 saturated heterocycles. The van der Waals surface area contributed by atoms with Crippen molar-refractivity contribution in [2.24, 2.45) is 0 Å². The van der Waals surface area contributed by atoms with E-state index >= 15 is 0 Å². The Hall–Kier alpha value is -2.45. The van der Waals surface area contributed by atoms with E-state index < -0.39 is 0 Å². The summed E-state index contributed by atoms with van der Waals surface area (Å²) in [7, 11) is 0. The zero-order valence-corrected chi connectivity index (χ0v) is 17.1. The molecule has 8 heteroatoms. The predicted octanol–water partition coefficient (Wildman–Crippen LogP) is 4.26. The third-order valence-corrected chi connectivity index (χ3v) is 7.23. The van der Waals surface area contributed by atoms with Gasteiger partial charge in [-0.1, -0.05) is 30.0 Å². The number of thioether (sulfide) groups is 1. The normalized spacial score (nSPS) is 13.8. The zero-order chi connectivity index (χ0) is 19.1. The number of hydrogen-bond acceptors (Lipinski definition) is 6. The second kappa shape index (κ2) is 7.18. The molecule has 142 valence electrons. The van der Waals surface area contributed by atoms with E-state index in [2.05, 4.69) is 20.5 Å². The Balaban J connectivity index is 1.39. The van der Waals surface area contributed by atoms with Gasteiger partial charge in [0.2, 0.25) is 5.91 Å². The Morgan fingerprint density at radius 1 is 1.25 bits per heavy atom. The lowest BCUT2D eigenvalue weighted by Gasteiger charge is -2.10. The lowest BCUT2D eigenvalue weighted by atomic mass is 9.97. The van der Waals surface area contributed by atoms with Crippen molar-refractivity contribution < 1.29 is 4.79 Å². The van der Waals surface area contributed by atoms with Crippen molar-refractivity contribution in [2.45, 2.75) is 37.8 Å². The van der Waals surface area contributed by atoms with Crippen LogP contribution in [-0.2, 0) is 17.6 Å². The van der Waals surface area contributed by atoms with Crippen LogP contribution in [0.3, 0.4) is 0 Å². The SMILES string of the molecule is Cc1ccccc1NC(=O)CSc1nnc2c3c4c(sc3ncn12)CCCC4. The summed E-state index contributed by atoms with van der Waals surface area (Å²) >= 11 is 3.16. The number of amides is 1. The van der Waals surface area contributed by atoms with Gasteiger partial charge in [-0.3, -0.25) is 9.20 Å². The van der Waals surface area contributed by atoms with E-state index in [1.54, 1.807) is 17.7 Å². The van der Waals surface area contributed by atoms with Crippen molar-refractivity contribution >= 4 is 50.6 Å². The number of aryl methyl sites for hydroxylation is 3. The monoisotopic (exact) mass is 409 g/mol. The molecule has 1 aliphatic carbocycles. The maximum Gasteiger partial charge on any atom is 0.234 e. The summed E-state index contributed by atoms with van der Waals surface area (Å²) in [4.78, 5) is 19.5. The summed E-state index contributed by atoms with van der Waals surface area (Å²) in [5.41, 5.74) is 4.13.